The Morgan fingerprint density at radius 2 is 1.81 bits per heavy atom. The van der Waals surface area contributed by atoms with E-state index in [4.69, 9.17) is 0 Å². The van der Waals surface area contributed by atoms with Crippen LogP contribution in [-0.2, 0) is 10.4 Å². The number of piperidine rings is 1. The van der Waals surface area contributed by atoms with Crippen LogP contribution in [0.25, 0.3) is 0 Å². The predicted octanol–water partition coefficient (Wildman–Crippen LogP) is 2.80. The predicted molar refractivity (Wildman–Crippen MR) is 102 cm³/mol. The number of nitrogens with one attached hydrogen (secondary N) is 1. The number of hydrogen-bond acceptors (Lipinski definition) is 4. The summed E-state index contributed by atoms with van der Waals surface area (Å²) in [6.07, 6.45) is 0.167. The third-order valence-corrected chi connectivity index (χ3v) is 5.11. The molecule has 0 aliphatic carbocycles. The SMILES string of the molecule is CC(=O)Nc1ccc([C@H](O)CN2CCC(O)(c3ccccc3F)CC2)cc1. The normalized spacial score (nSPS) is 18.1. The Labute approximate surface area is 158 Å². The first-order valence-corrected chi connectivity index (χ1v) is 9.13. The second-order valence-electron chi connectivity index (χ2n) is 7.13. The Balaban J connectivity index is 1.57. The number of likely N-dealkylation sites (tertiary alicyclic amines) is 1. The summed E-state index contributed by atoms with van der Waals surface area (Å²) in [6, 6.07) is 13.4. The molecule has 0 radical (unpaired) electrons. The molecule has 5 nitrogen and oxygen atoms in total. The first kappa shape index (κ1) is 19.5. The van der Waals surface area contributed by atoms with Crippen molar-refractivity contribution in [3.8, 4) is 0 Å². The van der Waals surface area contributed by atoms with Gasteiger partial charge in [0, 0.05) is 37.8 Å². The maximum atomic E-state index is 14.0. The second kappa shape index (κ2) is 8.17. The van der Waals surface area contributed by atoms with E-state index >= 15 is 0 Å². The number of halogens is 1. The Hall–Kier alpha value is -2.28. The summed E-state index contributed by atoms with van der Waals surface area (Å²) in [5, 5.41) is 24.0. The lowest BCUT2D eigenvalue weighted by Crippen LogP contribution is -2.44. The van der Waals surface area contributed by atoms with Gasteiger partial charge in [-0.3, -0.25) is 4.79 Å². The number of aliphatic hydroxyl groups is 2. The molecule has 6 heteroatoms. The third kappa shape index (κ3) is 4.71. The van der Waals surface area contributed by atoms with Gasteiger partial charge in [0.05, 0.1) is 11.7 Å². The van der Waals surface area contributed by atoms with Crippen molar-refractivity contribution in [2.45, 2.75) is 31.5 Å². The summed E-state index contributed by atoms with van der Waals surface area (Å²) in [5.41, 5.74) is 0.636. The zero-order chi connectivity index (χ0) is 19.4. The molecule has 1 amide bonds. The molecule has 1 saturated heterocycles. The van der Waals surface area contributed by atoms with Crippen LogP contribution >= 0.6 is 0 Å². The minimum Gasteiger partial charge on any atom is -0.387 e. The fourth-order valence-electron chi connectivity index (χ4n) is 3.56. The number of carbonyl (C=O) groups is 1. The molecule has 2 aromatic rings. The maximum Gasteiger partial charge on any atom is 0.221 e. The second-order valence-corrected chi connectivity index (χ2v) is 7.13. The van der Waals surface area contributed by atoms with Gasteiger partial charge in [-0.25, -0.2) is 4.39 Å². The van der Waals surface area contributed by atoms with Crippen LogP contribution in [-0.4, -0.2) is 40.7 Å². The fraction of sp³-hybridized carbons (Fsp3) is 0.381. The zero-order valence-electron chi connectivity index (χ0n) is 15.4. The molecule has 0 spiro atoms. The number of benzene rings is 2. The van der Waals surface area contributed by atoms with Gasteiger partial charge < -0.3 is 20.4 Å². The van der Waals surface area contributed by atoms with Gasteiger partial charge in [0.15, 0.2) is 0 Å². The van der Waals surface area contributed by atoms with Crippen LogP contribution in [0.3, 0.4) is 0 Å². The van der Waals surface area contributed by atoms with E-state index in [1.807, 2.05) is 0 Å². The van der Waals surface area contributed by atoms with E-state index in [9.17, 15) is 19.4 Å². The number of anilines is 1. The number of rotatable bonds is 5. The summed E-state index contributed by atoms with van der Waals surface area (Å²) in [4.78, 5) is 13.1. The lowest BCUT2D eigenvalue weighted by atomic mass is 9.84. The molecule has 3 N–H and O–H groups in total. The van der Waals surface area contributed by atoms with E-state index < -0.39 is 11.7 Å². The Morgan fingerprint density at radius 3 is 2.41 bits per heavy atom. The molecular formula is C21H25FN2O3. The molecule has 0 aromatic heterocycles. The topological polar surface area (TPSA) is 72.8 Å². The van der Waals surface area contributed by atoms with E-state index in [1.165, 1.54) is 13.0 Å². The van der Waals surface area contributed by atoms with E-state index in [0.717, 1.165) is 5.56 Å². The van der Waals surface area contributed by atoms with Crippen molar-refractivity contribution in [3.05, 3.63) is 65.5 Å². The third-order valence-electron chi connectivity index (χ3n) is 5.11. The molecule has 0 saturated carbocycles. The highest BCUT2D eigenvalue weighted by atomic mass is 19.1. The maximum absolute atomic E-state index is 14.0. The minimum atomic E-state index is -1.16. The van der Waals surface area contributed by atoms with Crippen LogP contribution in [0.5, 0.6) is 0 Å². The molecule has 1 atom stereocenters. The van der Waals surface area contributed by atoms with Gasteiger partial charge in [-0.15, -0.1) is 0 Å². The van der Waals surface area contributed by atoms with Gasteiger partial charge in [0.25, 0.3) is 0 Å². The summed E-state index contributed by atoms with van der Waals surface area (Å²) >= 11 is 0. The van der Waals surface area contributed by atoms with Gasteiger partial charge >= 0.3 is 0 Å². The molecular weight excluding hydrogens is 347 g/mol. The van der Waals surface area contributed by atoms with Crippen molar-refractivity contribution in [2.24, 2.45) is 0 Å². The molecule has 0 unspecified atom stereocenters. The lowest BCUT2D eigenvalue weighted by molar-refractivity contribution is -0.114. The summed E-state index contributed by atoms with van der Waals surface area (Å²) in [7, 11) is 0. The number of amides is 1. The van der Waals surface area contributed by atoms with Gasteiger partial charge in [-0.05, 0) is 36.6 Å². The average molecular weight is 372 g/mol. The van der Waals surface area contributed by atoms with Crippen molar-refractivity contribution >= 4 is 11.6 Å². The van der Waals surface area contributed by atoms with E-state index in [0.29, 0.717) is 43.7 Å². The van der Waals surface area contributed by atoms with Crippen molar-refractivity contribution in [2.75, 3.05) is 25.0 Å². The molecule has 0 bridgehead atoms. The first-order chi connectivity index (χ1) is 12.9. The Kier molecular flexibility index (Phi) is 5.89. The quantitative estimate of drug-likeness (QED) is 0.755. The number of hydrogen-bond donors (Lipinski definition) is 3. The molecule has 1 fully saturated rings. The number of carbonyl (C=O) groups excluding carboxylic acids is 1. The van der Waals surface area contributed by atoms with Gasteiger partial charge in [0.2, 0.25) is 5.91 Å². The monoisotopic (exact) mass is 372 g/mol. The van der Waals surface area contributed by atoms with E-state index in [1.54, 1.807) is 42.5 Å². The molecule has 3 rings (SSSR count). The highest BCUT2D eigenvalue weighted by Crippen LogP contribution is 2.34. The fourth-order valence-corrected chi connectivity index (χ4v) is 3.56. The number of nitrogens with zero attached hydrogens (tertiary/aromatic N) is 1. The van der Waals surface area contributed by atoms with Gasteiger partial charge in [0.1, 0.15) is 5.82 Å². The molecule has 27 heavy (non-hydrogen) atoms. The van der Waals surface area contributed by atoms with Gasteiger partial charge in [-0.1, -0.05) is 30.3 Å². The summed E-state index contributed by atoms with van der Waals surface area (Å²) in [6.45, 7) is 3.03. The first-order valence-electron chi connectivity index (χ1n) is 9.13. The van der Waals surface area contributed by atoms with Crippen LogP contribution in [0, 0.1) is 5.82 Å². The summed E-state index contributed by atoms with van der Waals surface area (Å²) < 4.78 is 14.0. The smallest absolute Gasteiger partial charge is 0.221 e. The van der Waals surface area contributed by atoms with Crippen LogP contribution in [0.1, 0.15) is 37.0 Å². The summed E-state index contributed by atoms with van der Waals surface area (Å²) in [5.74, 6) is -0.522. The van der Waals surface area contributed by atoms with Crippen LogP contribution in [0.4, 0.5) is 10.1 Å². The minimum absolute atomic E-state index is 0.140. The highest BCUT2D eigenvalue weighted by Gasteiger charge is 2.36. The highest BCUT2D eigenvalue weighted by molar-refractivity contribution is 5.88. The van der Waals surface area contributed by atoms with Crippen molar-refractivity contribution in [1.29, 1.82) is 0 Å². The molecule has 144 valence electrons. The Morgan fingerprint density at radius 1 is 1.19 bits per heavy atom. The lowest BCUT2D eigenvalue weighted by Gasteiger charge is -2.39. The zero-order valence-corrected chi connectivity index (χ0v) is 15.4. The van der Waals surface area contributed by atoms with Crippen molar-refractivity contribution < 1.29 is 19.4 Å². The van der Waals surface area contributed by atoms with E-state index in [-0.39, 0.29) is 11.7 Å². The van der Waals surface area contributed by atoms with Crippen molar-refractivity contribution in [1.82, 2.24) is 4.90 Å². The Bertz CT molecular complexity index is 786. The molecule has 1 aliphatic heterocycles. The van der Waals surface area contributed by atoms with Crippen LogP contribution in [0.2, 0.25) is 0 Å². The molecule has 1 aliphatic rings. The van der Waals surface area contributed by atoms with Crippen LogP contribution < -0.4 is 5.32 Å². The van der Waals surface area contributed by atoms with Crippen LogP contribution in [0.15, 0.2) is 48.5 Å². The number of aliphatic hydroxyl groups excluding tert-OH is 1. The van der Waals surface area contributed by atoms with Crippen molar-refractivity contribution in [3.63, 3.8) is 0 Å². The molecule has 1 heterocycles. The largest absolute Gasteiger partial charge is 0.387 e. The van der Waals surface area contributed by atoms with Gasteiger partial charge in [-0.2, -0.15) is 0 Å². The molecule has 2 aromatic carbocycles. The standard InChI is InChI=1S/C21H25FN2O3/c1-15(25)23-17-8-6-16(7-9-17)20(26)14-24-12-10-21(27,11-13-24)18-4-2-3-5-19(18)22/h2-9,20,26-27H,10-14H2,1H3,(H,23,25)/t20-/m1/s1. The number of β-amino-alcohol motifs (C(OH)–C–C–N with tert-alkyl or cyclic N) is 1. The van der Waals surface area contributed by atoms with E-state index in [2.05, 4.69) is 10.2 Å². The average Bonchev–Trinajstić information content (AvgIpc) is 2.64.